The van der Waals surface area contributed by atoms with Crippen LogP contribution < -0.4 is 16.0 Å². The highest BCUT2D eigenvalue weighted by Crippen LogP contribution is 2.22. The Bertz CT molecular complexity index is 1120. The number of anilines is 2. The molecule has 0 bridgehead atoms. The zero-order chi connectivity index (χ0) is 27.3. The first kappa shape index (κ1) is 27.8. The molecule has 2 heterocycles. The van der Waals surface area contributed by atoms with E-state index in [0.29, 0.717) is 36.8 Å². The van der Waals surface area contributed by atoms with Gasteiger partial charge in [-0.1, -0.05) is 12.1 Å². The molecule has 2 aliphatic heterocycles. The maximum absolute atomic E-state index is 12.8. The predicted molar refractivity (Wildman–Crippen MR) is 146 cm³/mol. The zero-order valence-electron chi connectivity index (χ0n) is 22.4. The first-order valence-electron chi connectivity index (χ1n) is 13.2. The molecule has 0 radical (unpaired) electrons. The van der Waals surface area contributed by atoms with Crippen LogP contribution in [-0.2, 0) is 25.5 Å². The van der Waals surface area contributed by atoms with E-state index in [1.54, 1.807) is 24.3 Å². The summed E-state index contributed by atoms with van der Waals surface area (Å²) in [6.45, 7) is 8.89. The molecule has 4 rings (SSSR count). The van der Waals surface area contributed by atoms with E-state index in [4.69, 9.17) is 15.2 Å². The molecule has 3 N–H and O–H groups in total. The summed E-state index contributed by atoms with van der Waals surface area (Å²) in [5, 5.41) is 2.79. The smallest absolute Gasteiger partial charge is 0.338 e. The zero-order valence-corrected chi connectivity index (χ0v) is 22.4. The number of hydrogen-bond donors (Lipinski definition) is 2. The molecule has 9 heteroatoms. The van der Waals surface area contributed by atoms with E-state index in [0.717, 1.165) is 43.9 Å². The Hall–Kier alpha value is -3.27. The number of esters is 1. The number of nitrogens with two attached hydrogens (primary N) is 1. The third-order valence-electron chi connectivity index (χ3n) is 6.78. The van der Waals surface area contributed by atoms with E-state index >= 15 is 0 Å². The normalized spacial score (nSPS) is 18.2. The number of rotatable bonds is 7. The van der Waals surface area contributed by atoms with E-state index < -0.39 is 17.6 Å². The monoisotopic (exact) mass is 522 g/mol. The number of amides is 2. The largest absolute Gasteiger partial charge is 0.456 e. The Balaban J connectivity index is 1.27. The standard InChI is InChI=1S/C29H38N4O5/c1-29(2,3)38-28(36)21-6-8-22(9-7-21)31-27(35)25(30)18-20-4-10-24(11-5-20)33-15-14-32(19-26(33)34)23-12-16-37-17-13-23/h4-11,23,25H,12-19,30H2,1-3H3,(H,31,35)/t25-/m0/s1. The molecule has 2 fully saturated rings. The van der Waals surface area contributed by atoms with E-state index in [1.807, 2.05) is 49.9 Å². The summed E-state index contributed by atoms with van der Waals surface area (Å²) in [6.07, 6.45) is 2.31. The van der Waals surface area contributed by atoms with Crippen LogP contribution in [0.25, 0.3) is 0 Å². The van der Waals surface area contributed by atoms with Crippen LogP contribution in [0.4, 0.5) is 11.4 Å². The van der Waals surface area contributed by atoms with Crippen LogP contribution in [0.5, 0.6) is 0 Å². The molecule has 2 amide bonds. The summed E-state index contributed by atoms with van der Waals surface area (Å²) < 4.78 is 10.8. The van der Waals surface area contributed by atoms with Crippen LogP contribution in [0.2, 0.25) is 0 Å². The number of nitrogens with one attached hydrogen (secondary N) is 1. The van der Waals surface area contributed by atoms with Crippen molar-refractivity contribution in [1.82, 2.24) is 4.90 Å². The summed E-state index contributed by atoms with van der Waals surface area (Å²) in [4.78, 5) is 41.8. The van der Waals surface area contributed by atoms with E-state index in [-0.39, 0.29) is 11.8 Å². The van der Waals surface area contributed by atoms with Gasteiger partial charge in [0.15, 0.2) is 0 Å². The third kappa shape index (κ3) is 7.40. The predicted octanol–water partition coefficient (Wildman–Crippen LogP) is 2.98. The average Bonchev–Trinajstić information content (AvgIpc) is 2.89. The summed E-state index contributed by atoms with van der Waals surface area (Å²) in [5.74, 6) is -0.638. The van der Waals surface area contributed by atoms with Gasteiger partial charge in [0.05, 0.1) is 18.2 Å². The van der Waals surface area contributed by atoms with Gasteiger partial charge in [0, 0.05) is 43.7 Å². The molecular weight excluding hydrogens is 484 g/mol. The summed E-state index contributed by atoms with van der Waals surface area (Å²) in [5.41, 5.74) is 8.31. The topological polar surface area (TPSA) is 114 Å². The molecule has 1 atom stereocenters. The van der Waals surface area contributed by atoms with Crippen molar-refractivity contribution in [3.05, 3.63) is 59.7 Å². The van der Waals surface area contributed by atoms with Crippen LogP contribution in [0.3, 0.4) is 0 Å². The minimum atomic E-state index is -0.754. The number of benzene rings is 2. The molecule has 0 aliphatic carbocycles. The number of hydrogen-bond acceptors (Lipinski definition) is 7. The fourth-order valence-corrected chi connectivity index (χ4v) is 4.75. The van der Waals surface area contributed by atoms with Gasteiger partial charge in [-0.05, 0) is 82.0 Å². The molecular formula is C29H38N4O5. The number of carbonyl (C=O) groups excluding carboxylic acids is 3. The van der Waals surface area contributed by atoms with Crippen molar-refractivity contribution in [1.29, 1.82) is 0 Å². The van der Waals surface area contributed by atoms with E-state index in [9.17, 15) is 14.4 Å². The summed E-state index contributed by atoms with van der Waals surface area (Å²) >= 11 is 0. The van der Waals surface area contributed by atoms with Crippen LogP contribution in [0.15, 0.2) is 48.5 Å². The maximum Gasteiger partial charge on any atom is 0.338 e. The minimum Gasteiger partial charge on any atom is -0.456 e. The fraction of sp³-hybridized carbons (Fsp3) is 0.483. The summed E-state index contributed by atoms with van der Waals surface area (Å²) in [7, 11) is 0. The molecule has 9 nitrogen and oxygen atoms in total. The van der Waals surface area contributed by atoms with Gasteiger partial charge in [0.25, 0.3) is 0 Å². The molecule has 204 valence electrons. The van der Waals surface area contributed by atoms with Gasteiger partial charge in [-0.3, -0.25) is 14.5 Å². The second-order valence-corrected chi connectivity index (χ2v) is 10.9. The molecule has 2 aromatic rings. The van der Waals surface area contributed by atoms with E-state index in [2.05, 4.69) is 10.2 Å². The lowest BCUT2D eigenvalue weighted by molar-refractivity contribution is -0.122. The van der Waals surface area contributed by atoms with Crippen molar-refractivity contribution < 1.29 is 23.9 Å². The summed E-state index contributed by atoms with van der Waals surface area (Å²) in [6, 6.07) is 13.8. The van der Waals surface area contributed by atoms with Gasteiger partial charge in [0.2, 0.25) is 11.8 Å². The van der Waals surface area contributed by atoms with Gasteiger partial charge < -0.3 is 25.4 Å². The Morgan fingerprint density at radius 2 is 1.71 bits per heavy atom. The quantitative estimate of drug-likeness (QED) is 0.538. The average molecular weight is 523 g/mol. The molecule has 2 aliphatic rings. The highest BCUT2D eigenvalue weighted by molar-refractivity contribution is 5.96. The Morgan fingerprint density at radius 3 is 2.32 bits per heavy atom. The lowest BCUT2D eigenvalue weighted by Crippen LogP contribution is -2.54. The van der Waals surface area contributed by atoms with Gasteiger partial charge >= 0.3 is 5.97 Å². The molecule has 0 saturated carbocycles. The van der Waals surface area contributed by atoms with Crippen molar-refractivity contribution >= 4 is 29.2 Å². The maximum atomic E-state index is 12.8. The lowest BCUT2D eigenvalue weighted by atomic mass is 10.0. The Labute approximate surface area is 224 Å². The first-order valence-corrected chi connectivity index (χ1v) is 13.2. The second kappa shape index (κ2) is 12.1. The van der Waals surface area contributed by atoms with Crippen LogP contribution in [-0.4, -0.2) is 73.2 Å². The molecule has 2 saturated heterocycles. The van der Waals surface area contributed by atoms with Gasteiger partial charge in [0.1, 0.15) is 5.60 Å². The van der Waals surface area contributed by atoms with Crippen LogP contribution in [0.1, 0.15) is 49.5 Å². The lowest BCUT2D eigenvalue weighted by Gasteiger charge is -2.40. The molecule has 0 aromatic heterocycles. The van der Waals surface area contributed by atoms with Crippen molar-refractivity contribution in [2.45, 2.75) is 57.7 Å². The SMILES string of the molecule is CC(C)(C)OC(=O)c1ccc(NC(=O)[C@@H](N)Cc2ccc(N3CCN(C4CCOCC4)CC3=O)cc2)cc1. The van der Waals surface area contributed by atoms with E-state index in [1.165, 1.54) is 0 Å². The Morgan fingerprint density at radius 1 is 1.05 bits per heavy atom. The van der Waals surface area contributed by atoms with Gasteiger partial charge in [-0.2, -0.15) is 0 Å². The molecule has 2 aromatic carbocycles. The van der Waals surface area contributed by atoms with Gasteiger partial charge in [-0.25, -0.2) is 4.79 Å². The number of carbonyl (C=O) groups is 3. The van der Waals surface area contributed by atoms with Crippen LogP contribution in [0, 0.1) is 0 Å². The van der Waals surface area contributed by atoms with Crippen molar-refractivity contribution in [2.75, 3.05) is 43.1 Å². The molecule has 38 heavy (non-hydrogen) atoms. The van der Waals surface area contributed by atoms with Crippen molar-refractivity contribution in [3.63, 3.8) is 0 Å². The van der Waals surface area contributed by atoms with Crippen molar-refractivity contribution in [2.24, 2.45) is 5.73 Å². The number of piperazine rings is 1. The minimum absolute atomic E-state index is 0.101. The Kier molecular flexibility index (Phi) is 8.81. The highest BCUT2D eigenvalue weighted by Gasteiger charge is 2.30. The third-order valence-corrected chi connectivity index (χ3v) is 6.78. The second-order valence-electron chi connectivity index (χ2n) is 10.9. The number of nitrogens with zero attached hydrogens (tertiary/aromatic N) is 2. The highest BCUT2D eigenvalue weighted by atomic mass is 16.6. The molecule has 0 spiro atoms. The fourth-order valence-electron chi connectivity index (χ4n) is 4.75. The molecule has 0 unspecified atom stereocenters. The van der Waals surface area contributed by atoms with Crippen LogP contribution >= 0.6 is 0 Å². The van der Waals surface area contributed by atoms with Gasteiger partial charge in [-0.15, -0.1) is 0 Å². The number of ether oxygens (including phenoxy) is 2. The first-order chi connectivity index (χ1) is 18.1. The van der Waals surface area contributed by atoms with Crippen molar-refractivity contribution in [3.8, 4) is 0 Å².